The molecular weight excluding hydrogens is 312 g/mol. The van der Waals surface area contributed by atoms with Gasteiger partial charge in [-0.1, -0.05) is 29.8 Å². The minimum absolute atomic E-state index is 0.0108. The molecule has 0 spiro atoms. The van der Waals surface area contributed by atoms with Gasteiger partial charge in [0.2, 0.25) is 5.91 Å². The Kier molecular flexibility index (Phi) is 3.83. The lowest BCUT2D eigenvalue weighted by Crippen LogP contribution is -2.31. The minimum atomic E-state index is -0.0115. The topological polar surface area (TPSA) is 41.9 Å². The van der Waals surface area contributed by atoms with Crippen LogP contribution in [0.4, 0.5) is 0 Å². The van der Waals surface area contributed by atoms with E-state index in [1.54, 1.807) is 19.0 Å². The van der Waals surface area contributed by atoms with Crippen molar-refractivity contribution in [3.8, 4) is 5.75 Å². The summed E-state index contributed by atoms with van der Waals surface area (Å²) >= 11 is 0. The predicted octanol–water partition coefficient (Wildman–Crippen LogP) is 3.87. The fraction of sp³-hybridized carbons (Fsp3) is 0.333. The number of aryl methyl sites for hydroxylation is 2. The lowest BCUT2D eigenvalue weighted by atomic mass is 9.77. The van der Waals surface area contributed by atoms with E-state index in [0.717, 1.165) is 35.4 Å². The highest BCUT2D eigenvalue weighted by atomic mass is 16.5. The van der Waals surface area contributed by atoms with Crippen LogP contribution in [0, 0.1) is 12.8 Å². The number of ether oxygens (including phenoxy) is 1. The Hall–Kier alpha value is -2.62. The molecule has 2 aromatic rings. The largest absolute Gasteiger partial charge is 0.497 e. The van der Waals surface area contributed by atoms with Crippen LogP contribution in [0.15, 0.2) is 47.6 Å². The van der Waals surface area contributed by atoms with Crippen LogP contribution in [-0.4, -0.2) is 23.7 Å². The van der Waals surface area contributed by atoms with Crippen molar-refractivity contribution in [2.75, 3.05) is 7.11 Å². The van der Waals surface area contributed by atoms with Crippen molar-refractivity contribution in [2.24, 2.45) is 11.0 Å². The SMILES string of the molecule is COc1ccc2c(c1)CC[C@@H]1C2=NN(C(C)=O)[C@H]1c1ccc(C)cc1. The van der Waals surface area contributed by atoms with Crippen LogP contribution in [0.2, 0.25) is 0 Å². The summed E-state index contributed by atoms with van der Waals surface area (Å²) in [5.41, 5.74) is 5.81. The van der Waals surface area contributed by atoms with Gasteiger partial charge in [-0.3, -0.25) is 4.79 Å². The maximum absolute atomic E-state index is 12.3. The molecule has 1 aliphatic carbocycles. The number of rotatable bonds is 2. The first kappa shape index (κ1) is 15.9. The summed E-state index contributed by atoms with van der Waals surface area (Å²) in [6.45, 7) is 3.67. The second-order valence-corrected chi connectivity index (χ2v) is 6.87. The highest BCUT2D eigenvalue weighted by Gasteiger charge is 2.42. The Labute approximate surface area is 148 Å². The van der Waals surface area contributed by atoms with Gasteiger partial charge in [0.1, 0.15) is 5.75 Å². The zero-order chi connectivity index (χ0) is 17.6. The van der Waals surface area contributed by atoms with E-state index in [1.807, 2.05) is 6.07 Å². The normalized spacial score (nSPS) is 21.4. The van der Waals surface area contributed by atoms with Gasteiger partial charge in [-0.05, 0) is 49.1 Å². The molecule has 0 radical (unpaired) electrons. The zero-order valence-electron chi connectivity index (χ0n) is 14.8. The number of carbonyl (C=O) groups is 1. The Balaban J connectivity index is 1.78. The van der Waals surface area contributed by atoms with E-state index < -0.39 is 0 Å². The number of hydrazone groups is 1. The maximum Gasteiger partial charge on any atom is 0.240 e. The lowest BCUT2D eigenvalue weighted by molar-refractivity contribution is -0.131. The molecule has 2 atom stereocenters. The smallest absolute Gasteiger partial charge is 0.240 e. The molecule has 2 aromatic carbocycles. The monoisotopic (exact) mass is 334 g/mol. The van der Waals surface area contributed by atoms with E-state index in [2.05, 4.69) is 43.3 Å². The number of carbonyl (C=O) groups excluding carboxylic acids is 1. The molecule has 2 aliphatic rings. The Morgan fingerprint density at radius 1 is 1.20 bits per heavy atom. The number of nitrogens with zero attached hydrogens (tertiary/aromatic N) is 2. The van der Waals surface area contributed by atoms with E-state index in [9.17, 15) is 4.79 Å². The van der Waals surface area contributed by atoms with Crippen LogP contribution in [-0.2, 0) is 11.2 Å². The van der Waals surface area contributed by atoms with Gasteiger partial charge in [-0.25, -0.2) is 5.01 Å². The minimum Gasteiger partial charge on any atom is -0.497 e. The van der Waals surface area contributed by atoms with Gasteiger partial charge in [-0.15, -0.1) is 0 Å². The first-order valence-electron chi connectivity index (χ1n) is 8.70. The molecule has 1 aliphatic heterocycles. The summed E-state index contributed by atoms with van der Waals surface area (Å²) in [5, 5.41) is 6.42. The number of hydrogen-bond donors (Lipinski definition) is 0. The van der Waals surface area contributed by atoms with Gasteiger partial charge >= 0.3 is 0 Å². The van der Waals surface area contributed by atoms with Gasteiger partial charge < -0.3 is 4.74 Å². The molecule has 0 fully saturated rings. The van der Waals surface area contributed by atoms with Crippen molar-refractivity contribution in [3.05, 3.63) is 64.7 Å². The van der Waals surface area contributed by atoms with Crippen molar-refractivity contribution in [2.45, 2.75) is 32.7 Å². The fourth-order valence-electron chi connectivity index (χ4n) is 3.99. The van der Waals surface area contributed by atoms with Crippen LogP contribution in [0.5, 0.6) is 5.75 Å². The number of methoxy groups -OCH3 is 1. The van der Waals surface area contributed by atoms with Gasteiger partial charge in [-0.2, -0.15) is 5.10 Å². The van der Waals surface area contributed by atoms with Crippen LogP contribution in [0.1, 0.15) is 41.6 Å². The second-order valence-electron chi connectivity index (χ2n) is 6.87. The summed E-state index contributed by atoms with van der Waals surface area (Å²) in [6.07, 6.45) is 1.96. The molecule has 0 saturated heterocycles. The third-order valence-electron chi connectivity index (χ3n) is 5.27. The average molecular weight is 334 g/mol. The summed E-state index contributed by atoms with van der Waals surface area (Å²) < 4.78 is 5.35. The molecular formula is C21H22N2O2. The highest BCUT2D eigenvalue weighted by Crippen LogP contribution is 2.43. The Morgan fingerprint density at radius 3 is 2.64 bits per heavy atom. The van der Waals surface area contributed by atoms with Crippen LogP contribution >= 0.6 is 0 Å². The summed E-state index contributed by atoms with van der Waals surface area (Å²) in [7, 11) is 1.69. The molecule has 4 rings (SSSR count). The third-order valence-corrected chi connectivity index (χ3v) is 5.27. The van der Waals surface area contributed by atoms with Crippen molar-refractivity contribution in [1.82, 2.24) is 5.01 Å². The zero-order valence-corrected chi connectivity index (χ0v) is 14.8. The second kappa shape index (κ2) is 6.03. The van der Waals surface area contributed by atoms with Crippen LogP contribution in [0.25, 0.3) is 0 Å². The van der Waals surface area contributed by atoms with Crippen LogP contribution in [0.3, 0.4) is 0 Å². The number of benzene rings is 2. The van der Waals surface area contributed by atoms with E-state index in [-0.39, 0.29) is 17.9 Å². The molecule has 0 saturated carbocycles. The van der Waals surface area contributed by atoms with Gasteiger partial charge in [0.15, 0.2) is 0 Å². The number of hydrogen-bond acceptors (Lipinski definition) is 3. The average Bonchev–Trinajstić information content (AvgIpc) is 3.02. The van der Waals surface area contributed by atoms with Gasteiger partial charge in [0.05, 0.1) is 18.9 Å². The van der Waals surface area contributed by atoms with Gasteiger partial charge in [0.25, 0.3) is 0 Å². The lowest BCUT2D eigenvalue weighted by Gasteiger charge is -2.29. The van der Waals surface area contributed by atoms with Crippen molar-refractivity contribution < 1.29 is 9.53 Å². The fourth-order valence-corrected chi connectivity index (χ4v) is 3.99. The van der Waals surface area contributed by atoms with Crippen molar-refractivity contribution in [1.29, 1.82) is 0 Å². The number of amides is 1. The molecule has 4 heteroatoms. The first-order chi connectivity index (χ1) is 12.1. The molecule has 1 amide bonds. The Morgan fingerprint density at radius 2 is 1.96 bits per heavy atom. The molecule has 1 heterocycles. The van der Waals surface area contributed by atoms with E-state index >= 15 is 0 Å². The summed E-state index contributed by atoms with van der Waals surface area (Å²) in [6, 6.07) is 14.6. The quantitative estimate of drug-likeness (QED) is 0.836. The summed E-state index contributed by atoms with van der Waals surface area (Å²) in [4.78, 5) is 12.3. The molecule has 25 heavy (non-hydrogen) atoms. The van der Waals surface area contributed by atoms with E-state index in [4.69, 9.17) is 9.84 Å². The molecule has 128 valence electrons. The standard InChI is InChI=1S/C21H22N2O2/c1-13-4-6-15(7-5-13)21-19-10-8-16-12-17(25-3)9-11-18(16)20(19)22-23(21)14(2)24/h4-7,9,11-12,19,21H,8,10H2,1-3H3/t19-,21+/m1/s1. The maximum atomic E-state index is 12.3. The van der Waals surface area contributed by atoms with Crippen molar-refractivity contribution in [3.63, 3.8) is 0 Å². The molecule has 0 bridgehead atoms. The third kappa shape index (κ3) is 2.62. The Bertz CT molecular complexity index is 855. The van der Waals surface area contributed by atoms with E-state index in [0.29, 0.717) is 0 Å². The molecule has 0 N–H and O–H groups in total. The summed E-state index contributed by atoms with van der Waals surface area (Å²) in [5.74, 6) is 1.10. The van der Waals surface area contributed by atoms with Crippen LogP contribution < -0.4 is 4.74 Å². The van der Waals surface area contributed by atoms with Crippen molar-refractivity contribution >= 4 is 11.6 Å². The molecule has 0 aromatic heterocycles. The molecule has 0 unspecified atom stereocenters. The first-order valence-corrected chi connectivity index (χ1v) is 8.70. The molecule has 4 nitrogen and oxygen atoms in total. The predicted molar refractivity (Wildman–Crippen MR) is 97.8 cm³/mol. The van der Waals surface area contributed by atoms with Gasteiger partial charge in [0, 0.05) is 18.4 Å². The van der Waals surface area contributed by atoms with E-state index in [1.165, 1.54) is 11.1 Å². The highest BCUT2D eigenvalue weighted by molar-refractivity contribution is 6.06. The number of fused-ring (bicyclic) bond motifs is 3.